The van der Waals surface area contributed by atoms with Crippen LogP contribution in [0.15, 0.2) is 88.7 Å². The average Bonchev–Trinajstić information content (AvgIpc) is 3.43. The molecule has 4 aromatic rings. The topological polar surface area (TPSA) is 97.7 Å². The summed E-state index contributed by atoms with van der Waals surface area (Å²) in [6, 6.07) is 19.6. The van der Waals surface area contributed by atoms with E-state index in [1.54, 1.807) is 54.6 Å². The van der Waals surface area contributed by atoms with Crippen molar-refractivity contribution in [2.75, 3.05) is 17.3 Å². The minimum atomic E-state index is -4.68. The van der Waals surface area contributed by atoms with Crippen molar-refractivity contribution in [3.8, 4) is 5.75 Å². The van der Waals surface area contributed by atoms with Gasteiger partial charge in [-0.3, -0.25) is 23.7 Å². The maximum Gasteiger partial charge on any atom is 0.416 e. The summed E-state index contributed by atoms with van der Waals surface area (Å²) >= 11 is 1.84. The molecule has 0 bridgehead atoms. The van der Waals surface area contributed by atoms with Gasteiger partial charge in [-0.25, -0.2) is 4.90 Å². The number of carbonyl (C=O) groups excluding carboxylic acids is 3. The van der Waals surface area contributed by atoms with Crippen molar-refractivity contribution in [1.82, 2.24) is 4.57 Å². The van der Waals surface area contributed by atoms with Crippen LogP contribution in [0.4, 0.5) is 24.5 Å². The van der Waals surface area contributed by atoms with Crippen LogP contribution in [-0.2, 0) is 27.1 Å². The first-order valence-corrected chi connectivity index (χ1v) is 14.7. The molecule has 0 aliphatic carbocycles. The van der Waals surface area contributed by atoms with E-state index in [-0.39, 0.29) is 12.2 Å². The summed E-state index contributed by atoms with van der Waals surface area (Å²) in [5.74, 6) is -3.32. The van der Waals surface area contributed by atoms with Crippen molar-refractivity contribution in [2.24, 2.45) is 5.92 Å². The molecule has 3 aromatic carbocycles. The first-order chi connectivity index (χ1) is 20.6. The van der Waals surface area contributed by atoms with Gasteiger partial charge in [0.05, 0.1) is 29.3 Å². The van der Waals surface area contributed by atoms with Crippen molar-refractivity contribution in [3.63, 3.8) is 0 Å². The van der Waals surface area contributed by atoms with E-state index in [0.717, 1.165) is 46.2 Å². The quantitative estimate of drug-likeness (QED) is 0.290. The number of carbonyl (C=O) groups is 3. The number of alkyl halides is 3. The molecule has 0 unspecified atom stereocenters. The molecular weight excluding hydrogens is 603 g/mol. The van der Waals surface area contributed by atoms with Crippen molar-refractivity contribution < 1.29 is 32.3 Å². The van der Waals surface area contributed by atoms with Gasteiger partial charge < -0.3 is 10.1 Å². The minimum Gasteiger partial charge on any atom is -0.496 e. The number of benzene rings is 3. The molecule has 6 rings (SSSR count). The fraction of sp³-hybridized carbons (Fsp3) is 0.200. The highest BCUT2D eigenvalue weighted by Gasteiger charge is 2.57. The summed E-state index contributed by atoms with van der Waals surface area (Å²) < 4.78 is 47.4. The number of thioether (sulfide) groups is 1. The summed E-state index contributed by atoms with van der Waals surface area (Å²) in [7, 11) is 1.45. The van der Waals surface area contributed by atoms with Crippen LogP contribution >= 0.6 is 23.1 Å². The van der Waals surface area contributed by atoms with Crippen LogP contribution in [0.5, 0.6) is 5.75 Å². The summed E-state index contributed by atoms with van der Waals surface area (Å²) in [6.07, 6.45) is -4.68. The molecule has 3 amide bonds. The third kappa shape index (κ3) is 5.12. The van der Waals surface area contributed by atoms with Crippen LogP contribution in [0.2, 0.25) is 0 Å². The van der Waals surface area contributed by atoms with Gasteiger partial charge in [0.1, 0.15) is 17.5 Å². The van der Waals surface area contributed by atoms with Crippen molar-refractivity contribution in [3.05, 3.63) is 105 Å². The van der Waals surface area contributed by atoms with E-state index >= 15 is 0 Å². The zero-order chi connectivity index (χ0) is 30.5. The maximum absolute atomic E-state index is 14.0. The number of nitrogens with zero attached hydrogens (tertiary/aromatic N) is 2. The second kappa shape index (κ2) is 11.0. The number of amides is 3. The number of anilines is 2. The summed E-state index contributed by atoms with van der Waals surface area (Å²) in [5.41, 5.74) is -0.110. The number of ether oxygens (including phenoxy) is 1. The van der Waals surface area contributed by atoms with Crippen LogP contribution in [-0.4, -0.2) is 34.6 Å². The lowest BCUT2D eigenvalue weighted by molar-refractivity contribution is -0.137. The summed E-state index contributed by atoms with van der Waals surface area (Å²) in [5, 5.41) is 2.02. The Bertz CT molecular complexity index is 1800. The third-order valence-electron chi connectivity index (χ3n) is 7.31. The standard InChI is InChI=1S/C30H22F3N3O5S2/c1-41-20-13-6-5-12-19(20)22-23-24(27(39)36(26(23)38)18-11-7-8-16(14-18)30(31,32)33)42-28-25(22)43-29(40)35(28)15-21(37)34-17-9-3-2-4-10-17/h2-14,22-24H,15H2,1H3,(H,34,37)/t22-,23-,24+/m0/s1. The van der Waals surface area contributed by atoms with Gasteiger partial charge in [-0.2, -0.15) is 13.2 Å². The Morgan fingerprint density at radius 2 is 1.67 bits per heavy atom. The molecular formula is C30H22F3N3O5S2. The molecule has 3 heterocycles. The molecule has 13 heteroatoms. The van der Waals surface area contributed by atoms with Gasteiger partial charge in [0.15, 0.2) is 0 Å². The average molecular weight is 626 g/mol. The van der Waals surface area contributed by atoms with E-state index in [2.05, 4.69) is 5.32 Å². The lowest BCUT2D eigenvalue weighted by atomic mass is 9.82. The maximum atomic E-state index is 14.0. The smallest absolute Gasteiger partial charge is 0.416 e. The zero-order valence-electron chi connectivity index (χ0n) is 22.3. The lowest BCUT2D eigenvalue weighted by Gasteiger charge is -2.31. The third-order valence-corrected chi connectivity index (χ3v) is 9.92. The molecule has 1 aromatic heterocycles. The fourth-order valence-corrected chi connectivity index (χ4v) is 8.22. The largest absolute Gasteiger partial charge is 0.496 e. The molecule has 2 aliphatic heterocycles. The minimum absolute atomic E-state index is 0.193. The Morgan fingerprint density at radius 1 is 0.953 bits per heavy atom. The zero-order valence-corrected chi connectivity index (χ0v) is 24.0. The first kappa shape index (κ1) is 28.7. The molecule has 0 spiro atoms. The number of hydrogen-bond acceptors (Lipinski definition) is 7. The number of hydrogen-bond donors (Lipinski definition) is 1. The van der Waals surface area contributed by atoms with E-state index < -0.39 is 51.4 Å². The van der Waals surface area contributed by atoms with E-state index in [4.69, 9.17) is 4.74 Å². The molecule has 220 valence electrons. The second-order valence-electron chi connectivity index (χ2n) is 9.88. The van der Waals surface area contributed by atoms with Gasteiger partial charge in [0, 0.05) is 22.0 Å². The highest BCUT2D eigenvalue weighted by molar-refractivity contribution is 8.00. The number of aromatic nitrogens is 1. The lowest BCUT2D eigenvalue weighted by Crippen LogP contribution is -2.33. The van der Waals surface area contributed by atoms with Crippen LogP contribution in [0, 0.1) is 5.92 Å². The molecule has 3 atom stereocenters. The Balaban J connectivity index is 1.44. The van der Waals surface area contributed by atoms with Gasteiger partial charge in [0.2, 0.25) is 17.7 Å². The SMILES string of the molecule is COc1ccccc1[C@@H]1c2sc(=O)n(CC(=O)Nc3ccccc3)c2S[C@H]2C(=O)N(c3cccc(C(F)(F)F)c3)C(=O)[C@@H]12. The predicted molar refractivity (Wildman–Crippen MR) is 156 cm³/mol. The van der Waals surface area contributed by atoms with Crippen molar-refractivity contribution >= 4 is 52.2 Å². The number of imide groups is 1. The molecule has 0 radical (unpaired) electrons. The summed E-state index contributed by atoms with van der Waals surface area (Å²) in [4.78, 5) is 54.9. The molecule has 0 saturated carbocycles. The Kier molecular flexibility index (Phi) is 7.38. The molecule has 1 saturated heterocycles. The molecule has 1 fully saturated rings. The van der Waals surface area contributed by atoms with Crippen molar-refractivity contribution in [2.45, 2.75) is 28.9 Å². The molecule has 43 heavy (non-hydrogen) atoms. The molecule has 8 nitrogen and oxygen atoms in total. The van der Waals surface area contributed by atoms with Crippen LogP contribution in [0.25, 0.3) is 0 Å². The van der Waals surface area contributed by atoms with Gasteiger partial charge >= 0.3 is 11.0 Å². The highest BCUT2D eigenvalue weighted by atomic mass is 32.2. The normalized spacial score (nSPS) is 19.6. The number of nitrogens with one attached hydrogen (secondary N) is 1. The summed E-state index contributed by atoms with van der Waals surface area (Å²) in [6.45, 7) is -0.345. The molecule has 2 aliphatic rings. The first-order valence-electron chi connectivity index (χ1n) is 13.0. The Hall–Kier alpha value is -4.36. The highest BCUT2D eigenvalue weighted by Crippen LogP contribution is 2.55. The number of halogens is 3. The number of thiazole rings is 1. The number of methoxy groups -OCH3 is 1. The van der Waals surface area contributed by atoms with Gasteiger partial charge in [-0.15, -0.1) is 0 Å². The van der Waals surface area contributed by atoms with Gasteiger partial charge in [-0.05, 0) is 36.4 Å². The Morgan fingerprint density at radius 3 is 2.40 bits per heavy atom. The number of para-hydroxylation sites is 2. The van der Waals surface area contributed by atoms with Crippen molar-refractivity contribution in [1.29, 1.82) is 0 Å². The van der Waals surface area contributed by atoms with E-state index in [1.165, 1.54) is 17.7 Å². The number of fused-ring (bicyclic) bond motifs is 2. The van der Waals surface area contributed by atoms with E-state index in [0.29, 0.717) is 26.9 Å². The fourth-order valence-electron chi connectivity index (χ4n) is 5.46. The van der Waals surface area contributed by atoms with Gasteiger partial charge in [0.25, 0.3) is 0 Å². The predicted octanol–water partition coefficient (Wildman–Crippen LogP) is 5.37. The van der Waals surface area contributed by atoms with Gasteiger partial charge in [-0.1, -0.05) is 65.6 Å². The van der Waals surface area contributed by atoms with Crippen LogP contribution < -0.4 is 19.8 Å². The van der Waals surface area contributed by atoms with E-state index in [1.807, 2.05) is 0 Å². The second-order valence-corrected chi connectivity index (χ2v) is 12.0. The van der Waals surface area contributed by atoms with Crippen LogP contribution in [0.1, 0.15) is 21.9 Å². The molecule has 1 N–H and O–H groups in total. The Labute approximate surface area is 251 Å². The number of rotatable bonds is 6. The van der Waals surface area contributed by atoms with Crippen LogP contribution in [0.3, 0.4) is 0 Å². The van der Waals surface area contributed by atoms with E-state index in [9.17, 15) is 32.3 Å². The monoisotopic (exact) mass is 625 g/mol.